The van der Waals surface area contributed by atoms with E-state index in [9.17, 15) is 14.4 Å². The molecule has 6 nitrogen and oxygen atoms in total. The molecule has 81 heavy (non-hydrogen) atoms. The van der Waals surface area contributed by atoms with Gasteiger partial charge in [-0.05, 0) is 148 Å². The van der Waals surface area contributed by atoms with E-state index in [2.05, 4.69) is 215 Å². The molecule has 0 aliphatic rings. The normalized spacial score (nSPS) is 13.5. The lowest BCUT2D eigenvalue weighted by Crippen LogP contribution is -2.30. The highest BCUT2D eigenvalue weighted by Gasteiger charge is 2.19. The molecule has 0 rings (SSSR count). The minimum Gasteiger partial charge on any atom is -0.462 e. The lowest BCUT2D eigenvalue weighted by atomic mass is 10.1. The van der Waals surface area contributed by atoms with Gasteiger partial charge in [0, 0.05) is 19.3 Å². The van der Waals surface area contributed by atoms with Gasteiger partial charge in [0.2, 0.25) is 0 Å². The van der Waals surface area contributed by atoms with Gasteiger partial charge >= 0.3 is 17.9 Å². The van der Waals surface area contributed by atoms with Crippen LogP contribution in [0.5, 0.6) is 0 Å². The van der Waals surface area contributed by atoms with Crippen LogP contribution in [0.4, 0.5) is 0 Å². The third kappa shape index (κ3) is 64.9. The molecule has 0 aromatic carbocycles. The molecule has 0 saturated heterocycles. The second-order valence-corrected chi connectivity index (χ2v) is 20.2. The van der Waals surface area contributed by atoms with Crippen molar-refractivity contribution in [2.75, 3.05) is 13.2 Å². The van der Waals surface area contributed by atoms with Crippen LogP contribution in [-0.2, 0) is 28.6 Å². The average molecular weight is 1110 g/mol. The minimum atomic E-state index is -0.829. The predicted octanol–water partition coefficient (Wildman–Crippen LogP) is 22.2. The lowest BCUT2D eigenvalue weighted by molar-refractivity contribution is -0.167. The van der Waals surface area contributed by atoms with Crippen LogP contribution in [0.2, 0.25) is 0 Å². The van der Waals surface area contributed by atoms with Crippen LogP contribution in [-0.4, -0.2) is 37.2 Å². The second-order valence-electron chi connectivity index (χ2n) is 20.2. The Labute approximate surface area is 497 Å². The predicted molar refractivity (Wildman–Crippen MR) is 352 cm³/mol. The molecule has 0 aromatic heterocycles. The molecule has 0 aromatic rings. The number of carbonyl (C=O) groups is 3. The molecule has 0 aliphatic carbocycles. The Morgan fingerprint density at radius 2 is 0.481 bits per heavy atom. The highest BCUT2D eigenvalue weighted by molar-refractivity contribution is 5.71. The number of hydrogen-bond donors (Lipinski definition) is 0. The zero-order valence-corrected chi connectivity index (χ0v) is 51.5. The largest absolute Gasteiger partial charge is 0.462 e. The van der Waals surface area contributed by atoms with Gasteiger partial charge in [-0.1, -0.05) is 267 Å². The molecular weight excluding hydrogens is 997 g/mol. The molecule has 1 unspecified atom stereocenters. The van der Waals surface area contributed by atoms with Crippen molar-refractivity contribution in [2.45, 2.75) is 245 Å². The fraction of sp³-hybridized carbons (Fsp3) is 0.533. The van der Waals surface area contributed by atoms with Crippen molar-refractivity contribution in [2.24, 2.45) is 0 Å². The first-order valence-electron chi connectivity index (χ1n) is 31.9. The summed E-state index contributed by atoms with van der Waals surface area (Å²) >= 11 is 0. The zero-order chi connectivity index (χ0) is 58.5. The van der Waals surface area contributed by atoms with Crippen LogP contribution in [0.1, 0.15) is 239 Å². The minimum absolute atomic E-state index is 0.118. The summed E-state index contributed by atoms with van der Waals surface area (Å²) in [4.78, 5) is 38.1. The van der Waals surface area contributed by atoms with Gasteiger partial charge in [-0.2, -0.15) is 0 Å². The summed E-state index contributed by atoms with van der Waals surface area (Å²) in [5.74, 6) is -1.02. The third-order valence-electron chi connectivity index (χ3n) is 12.6. The van der Waals surface area contributed by atoms with E-state index in [0.717, 1.165) is 148 Å². The van der Waals surface area contributed by atoms with Gasteiger partial charge in [0.05, 0.1) is 0 Å². The van der Waals surface area contributed by atoms with Crippen LogP contribution in [0.25, 0.3) is 0 Å². The maximum atomic E-state index is 12.9. The van der Waals surface area contributed by atoms with Gasteiger partial charge in [-0.25, -0.2) is 0 Å². The van der Waals surface area contributed by atoms with E-state index < -0.39 is 6.10 Å². The molecule has 0 bridgehead atoms. The zero-order valence-electron chi connectivity index (χ0n) is 51.5. The quantitative estimate of drug-likeness (QED) is 0.0261. The van der Waals surface area contributed by atoms with Crippen molar-refractivity contribution in [3.8, 4) is 0 Å². The van der Waals surface area contributed by atoms with Crippen molar-refractivity contribution in [3.05, 3.63) is 194 Å². The summed E-state index contributed by atoms with van der Waals surface area (Å²) in [6.45, 7) is 6.30. The molecule has 0 spiro atoms. The first-order chi connectivity index (χ1) is 40.0. The SMILES string of the molecule is CC/C=C\C/C=C\C/C=C\C/C=C\C/C=C\C/C=C\C/C=C\C/C=C\C/C=C\C/C=C\CCCCC(=O)OCC(COC(=O)CCCCCCCCCCC)OC(=O)CCCC/C=C\C/C=C\C/C=C\C/C=C\C/C=C\C/C=C\CC. The van der Waals surface area contributed by atoms with Gasteiger partial charge < -0.3 is 14.2 Å². The van der Waals surface area contributed by atoms with Gasteiger partial charge in [0.15, 0.2) is 6.10 Å². The monoisotopic (exact) mass is 1110 g/mol. The molecule has 1 atom stereocenters. The smallest absolute Gasteiger partial charge is 0.306 e. The van der Waals surface area contributed by atoms with Gasteiger partial charge in [0.25, 0.3) is 0 Å². The van der Waals surface area contributed by atoms with Crippen LogP contribution in [0, 0.1) is 0 Å². The van der Waals surface area contributed by atoms with E-state index in [-0.39, 0.29) is 44.0 Å². The number of rotatable bonds is 55. The Morgan fingerprint density at radius 3 is 0.753 bits per heavy atom. The molecule has 0 amide bonds. The summed E-state index contributed by atoms with van der Waals surface area (Å²) in [5, 5.41) is 0. The summed E-state index contributed by atoms with van der Waals surface area (Å²) in [6.07, 6.45) is 102. The van der Waals surface area contributed by atoms with Crippen molar-refractivity contribution in [1.29, 1.82) is 0 Å². The summed E-state index contributed by atoms with van der Waals surface area (Å²) in [6, 6.07) is 0. The molecule has 450 valence electrons. The first kappa shape index (κ1) is 75.2. The Hall–Kier alpha value is -5.75. The van der Waals surface area contributed by atoms with E-state index in [0.29, 0.717) is 19.3 Å². The van der Waals surface area contributed by atoms with E-state index in [1.165, 1.54) is 38.5 Å². The van der Waals surface area contributed by atoms with Crippen LogP contribution in [0.3, 0.4) is 0 Å². The van der Waals surface area contributed by atoms with Crippen molar-refractivity contribution < 1.29 is 28.6 Å². The van der Waals surface area contributed by atoms with Gasteiger partial charge in [0.1, 0.15) is 13.2 Å². The number of hydrogen-bond acceptors (Lipinski definition) is 6. The Kier molecular flexibility index (Phi) is 62.0. The van der Waals surface area contributed by atoms with Crippen LogP contribution < -0.4 is 0 Å². The standard InChI is InChI=1S/C75H114O6/c1-4-7-10-13-16-19-21-23-25-27-29-31-32-33-34-35-36-37-38-39-40-41-42-44-45-47-49-51-53-56-59-62-65-68-74(77)80-71-72(70-79-73(76)67-64-61-58-55-18-15-12-9-6-3)81-75(78)69-66-63-60-57-54-52-50-48-46-43-30-28-26-24-22-20-17-14-11-8-5-2/h7-8,10-11,16-17,19-20,23-26,29-31,33-34,36-37,39-40,42-44,47-50,53-54,56-57,72H,4-6,9,12-15,18,21-22,27-28,32,35,38,41,45-46,51-52,55,58-71H2,1-3H3/b10-7-,11-8-,19-16-,20-17-,25-23-,26-24-,31-29-,34-33-,37-36-,40-39-,43-30-,44-42-,49-47-,50-48-,56-53-,57-54-. The highest BCUT2D eigenvalue weighted by Crippen LogP contribution is 2.13. The van der Waals surface area contributed by atoms with Gasteiger partial charge in [-0.3, -0.25) is 14.4 Å². The molecule has 6 heteroatoms. The summed E-state index contributed by atoms with van der Waals surface area (Å²) < 4.78 is 16.8. The van der Waals surface area contributed by atoms with Gasteiger partial charge in [-0.15, -0.1) is 0 Å². The molecular formula is C75H114O6. The van der Waals surface area contributed by atoms with Crippen molar-refractivity contribution in [3.63, 3.8) is 0 Å². The number of ether oxygens (including phenoxy) is 3. The van der Waals surface area contributed by atoms with Crippen LogP contribution >= 0.6 is 0 Å². The molecule has 0 saturated carbocycles. The molecule has 0 heterocycles. The molecule has 0 fully saturated rings. The Morgan fingerprint density at radius 1 is 0.259 bits per heavy atom. The fourth-order valence-electron chi connectivity index (χ4n) is 7.88. The summed E-state index contributed by atoms with van der Waals surface area (Å²) in [5.41, 5.74) is 0. The van der Waals surface area contributed by atoms with E-state index in [4.69, 9.17) is 14.2 Å². The third-order valence-corrected chi connectivity index (χ3v) is 12.6. The van der Waals surface area contributed by atoms with Crippen molar-refractivity contribution >= 4 is 17.9 Å². The van der Waals surface area contributed by atoms with Crippen molar-refractivity contribution in [1.82, 2.24) is 0 Å². The average Bonchev–Trinajstić information content (AvgIpc) is 3.47. The van der Waals surface area contributed by atoms with Crippen LogP contribution in [0.15, 0.2) is 194 Å². The van der Waals surface area contributed by atoms with E-state index in [1.54, 1.807) is 0 Å². The second kappa shape index (κ2) is 66.8. The molecule has 0 radical (unpaired) electrons. The van der Waals surface area contributed by atoms with E-state index >= 15 is 0 Å². The molecule has 0 N–H and O–H groups in total. The van der Waals surface area contributed by atoms with E-state index in [1.807, 2.05) is 0 Å². The molecule has 0 aliphatic heterocycles. The summed E-state index contributed by atoms with van der Waals surface area (Å²) in [7, 11) is 0. The number of carbonyl (C=O) groups excluding carboxylic acids is 3. The number of esters is 3. The number of unbranched alkanes of at least 4 members (excludes halogenated alkanes) is 12. The lowest BCUT2D eigenvalue weighted by Gasteiger charge is -2.18. The topological polar surface area (TPSA) is 78.9 Å². The maximum absolute atomic E-state index is 12.9. The number of allylic oxidation sites excluding steroid dienone is 32. The fourth-order valence-corrected chi connectivity index (χ4v) is 7.88. The maximum Gasteiger partial charge on any atom is 0.306 e. The Balaban J connectivity index is 4.41. The first-order valence-corrected chi connectivity index (χ1v) is 31.9. The Bertz CT molecular complexity index is 1950. The highest BCUT2D eigenvalue weighted by atomic mass is 16.6.